The Morgan fingerprint density at radius 1 is 1.39 bits per heavy atom. The fourth-order valence-electron chi connectivity index (χ4n) is 2.92. The van der Waals surface area contributed by atoms with Gasteiger partial charge in [0.05, 0.1) is 24.9 Å². The number of amides is 1. The first kappa shape index (κ1) is 17.8. The van der Waals surface area contributed by atoms with Crippen molar-refractivity contribution < 1.29 is 24.5 Å². The summed E-state index contributed by atoms with van der Waals surface area (Å²) in [7, 11) is 0. The molecule has 1 radical (unpaired) electrons. The Balaban J connectivity index is 0.00000192. The number of ether oxygens (including phenoxy) is 1. The second-order valence-electron chi connectivity index (χ2n) is 5.61. The van der Waals surface area contributed by atoms with E-state index >= 15 is 0 Å². The van der Waals surface area contributed by atoms with Gasteiger partial charge < -0.3 is 25.6 Å². The first-order valence-corrected chi connectivity index (χ1v) is 7.25. The number of nitrogens with one attached hydrogen (secondary N) is 2. The Kier molecular flexibility index (Phi) is 5.71. The fourth-order valence-corrected chi connectivity index (χ4v) is 2.92. The van der Waals surface area contributed by atoms with E-state index in [2.05, 4.69) is 10.6 Å². The van der Waals surface area contributed by atoms with E-state index in [0.29, 0.717) is 13.0 Å². The van der Waals surface area contributed by atoms with E-state index in [4.69, 9.17) is 9.84 Å². The van der Waals surface area contributed by atoms with Crippen LogP contribution in [0, 0.1) is 0 Å². The smallest absolute Gasteiger partial charge is 0.394 e. The van der Waals surface area contributed by atoms with Crippen molar-refractivity contribution in [3.05, 3.63) is 29.3 Å². The molecule has 3 atom stereocenters. The van der Waals surface area contributed by atoms with Crippen molar-refractivity contribution in [2.45, 2.75) is 31.1 Å². The number of carboxylic acids is 1. The minimum Gasteiger partial charge on any atom is -0.474 e. The van der Waals surface area contributed by atoms with Crippen LogP contribution in [0.4, 0.5) is 5.69 Å². The average Bonchev–Trinajstić information content (AvgIpc) is 2.51. The number of anilines is 1. The van der Waals surface area contributed by atoms with Crippen LogP contribution < -0.4 is 10.6 Å². The van der Waals surface area contributed by atoms with Gasteiger partial charge in [-0.25, -0.2) is 4.79 Å². The van der Waals surface area contributed by atoms with Crippen molar-refractivity contribution in [3.63, 3.8) is 0 Å². The summed E-state index contributed by atoms with van der Waals surface area (Å²) in [5, 5.41) is 24.0. The molecule has 3 rings (SSSR count). The molecular formula is C15H18LiN2O5. The van der Waals surface area contributed by atoms with E-state index < -0.39 is 18.0 Å². The maximum absolute atomic E-state index is 11.0. The third kappa shape index (κ3) is 3.87. The molecular weight excluding hydrogens is 295 g/mol. The first-order chi connectivity index (χ1) is 10.5. The van der Waals surface area contributed by atoms with Gasteiger partial charge in [-0.3, -0.25) is 4.79 Å². The first-order valence-electron chi connectivity index (χ1n) is 7.25. The number of hydrogen-bond donors (Lipinski definition) is 4. The molecule has 119 valence electrons. The summed E-state index contributed by atoms with van der Waals surface area (Å²) in [5.74, 6) is -2.47. The third-order valence-electron chi connectivity index (χ3n) is 4.10. The summed E-state index contributed by atoms with van der Waals surface area (Å²) >= 11 is 0. The van der Waals surface area contributed by atoms with E-state index in [0.717, 1.165) is 23.2 Å². The molecule has 23 heavy (non-hydrogen) atoms. The van der Waals surface area contributed by atoms with Gasteiger partial charge in [-0.15, -0.1) is 0 Å². The summed E-state index contributed by atoms with van der Waals surface area (Å²) in [6.45, 7) is 0.588. The maximum atomic E-state index is 11.0. The van der Waals surface area contributed by atoms with Crippen molar-refractivity contribution >= 4 is 36.4 Å². The van der Waals surface area contributed by atoms with Crippen LogP contribution in [0.15, 0.2) is 18.2 Å². The molecule has 7 nitrogen and oxygen atoms in total. The van der Waals surface area contributed by atoms with Crippen LogP contribution in [0.5, 0.6) is 0 Å². The number of hydrogen-bond acceptors (Lipinski definition) is 5. The predicted molar refractivity (Wildman–Crippen MR) is 83.3 cm³/mol. The summed E-state index contributed by atoms with van der Waals surface area (Å²) in [6.07, 6.45) is 0.756. The predicted octanol–water partition coefficient (Wildman–Crippen LogP) is -0.335. The molecule has 1 aromatic rings. The van der Waals surface area contributed by atoms with Gasteiger partial charge in [-0.1, -0.05) is 12.1 Å². The molecule has 1 saturated heterocycles. The molecule has 2 aliphatic heterocycles. The number of benzene rings is 1. The van der Waals surface area contributed by atoms with Gasteiger partial charge in [0.2, 0.25) is 0 Å². The SMILES string of the molecule is O=C(O)C(=O)NCCc1ccc2c(c1)[C@H]1C[C@@H](N2)[C@H](O)CO1.[Li]. The Labute approximate surface area is 145 Å². The van der Waals surface area contributed by atoms with Gasteiger partial charge in [0.25, 0.3) is 0 Å². The summed E-state index contributed by atoms with van der Waals surface area (Å²) < 4.78 is 5.68. The molecule has 8 heteroatoms. The zero-order valence-corrected chi connectivity index (χ0v) is 12.9. The van der Waals surface area contributed by atoms with Crippen LogP contribution in [-0.4, -0.2) is 66.2 Å². The monoisotopic (exact) mass is 313 g/mol. The van der Waals surface area contributed by atoms with Crippen LogP contribution >= 0.6 is 0 Å². The number of carboxylic acid groups (broad SMARTS) is 1. The Morgan fingerprint density at radius 3 is 2.91 bits per heavy atom. The Morgan fingerprint density at radius 2 is 2.17 bits per heavy atom. The number of aliphatic hydroxyl groups excluding tert-OH is 1. The second-order valence-corrected chi connectivity index (χ2v) is 5.61. The minimum atomic E-state index is -1.48. The van der Waals surface area contributed by atoms with Crippen LogP contribution in [0.25, 0.3) is 0 Å². The molecule has 2 heterocycles. The molecule has 0 saturated carbocycles. The van der Waals surface area contributed by atoms with Crippen LogP contribution in [0.3, 0.4) is 0 Å². The van der Waals surface area contributed by atoms with Gasteiger partial charge in [0.1, 0.15) is 0 Å². The Bertz CT molecular complexity index is 610. The summed E-state index contributed by atoms with van der Waals surface area (Å²) in [4.78, 5) is 21.4. The van der Waals surface area contributed by atoms with Gasteiger partial charge in [-0.2, -0.15) is 0 Å². The van der Waals surface area contributed by atoms with E-state index in [9.17, 15) is 14.7 Å². The van der Waals surface area contributed by atoms with Crippen molar-refractivity contribution in [1.29, 1.82) is 0 Å². The van der Waals surface area contributed by atoms with Gasteiger partial charge in [0.15, 0.2) is 0 Å². The van der Waals surface area contributed by atoms with Crippen molar-refractivity contribution in [2.24, 2.45) is 0 Å². The topological polar surface area (TPSA) is 108 Å². The Hall–Kier alpha value is -1.52. The van der Waals surface area contributed by atoms with E-state index in [1.165, 1.54) is 0 Å². The normalized spacial score (nSPS) is 24.7. The number of rotatable bonds is 3. The third-order valence-corrected chi connectivity index (χ3v) is 4.10. The van der Waals surface area contributed by atoms with Gasteiger partial charge in [0, 0.05) is 43.1 Å². The molecule has 2 bridgehead atoms. The molecule has 1 aromatic carbocycles. The van der Waals surface area contributed by atoms with Gasteiger partial charge in [-0.05, 0) is 18.1 Å². The molecule has 1 fully saturated rings. The number of carbonyl (C=O) groups is 2. The molecule has 0 aliphatic carbocycles. The standard InChI is InChI=1S/C15H18N2O5.Li/c18-12-7-22-13-6-11(12)17-10-2-1-8(5-9(10)13)3-4-16-14(19)15(20)21;/h1-2,5,11-13,17-18H,3-4,6-7H2,(H,16,19)(H,20,21);/t11-,12-,13-;/m1./s1. The number of carbonyl (C=O) groups excluding carboxylic acids is 1. The van der Waals surface area contributed by atoms with Crippen LogP contribution in [-0.2, 0) is 20.7 Å². The zero-order chi connectivity index (χ0) is 15.7. The van der Waals surface area contributed by atoms with Crippen molar-refractivity contribution in [1.82, 2.24) is 5.32 Å². The molecule has 2 aliphatic rings. The number of aliphatic carboxylic acids is 1. The summed E-state index contributed by atoms with van der Waals surface area (Å²) in [5.41, 5.74) is 3.00. The van der Waals surface area contributed by atoms with E-state index in [1.54, 1.807) is 0 Å². The molecule has 0 spiro atoms. The average molecular weight is 313 g/mol. The summed E-state index contributed by atoms with van der Waals surface area (Å²) in [6, 6.07) is 5.89. The fraction of sp³-hybridized carbons (Fsp3) is 0.467. The largest absolute Gasteiger partial charge is 0.474 e. The van der Waals surface area contributed by atoms with Gasteiger partial charge >= 0.3 is 11.9 Å². The van der Waals surface area contributed by atoms with E-state index in [-0.39, 0.29) is 37.6 Å². The number of aliphatic hydroxyl groups is 1. The van der Waals surface area contributed by atoms with Crippen molar-refractivity contribution in [3.8, 4) is 0 Å². The van der Waals surface area contributed by atoms with Crippen molar-refractivity contribution in [2.75, 3.05) is 18.5 Å². The molecule has 0 aromatic heterocycles. The number of fused-ring (bicyclic) bond motifs is 4. The molecule has 0 unspecified atom stereocenters. The molecule has 1 amide bonds. The minimum absolute atomic E-state index is 0. The quantitative estimate of drug-likeness (QED) is 0.449. The zero-order valence-electron chi connectivity index (χ0n) is 12.9. The maximum Gasteiger partial charge on any atom is 0.394 e. The second kappa shape index (κ2) is 7.37. The van der Waals surface area contributed by atoms with E-state index in [1.807, 2.05) is 18.2 Å². The molecule has 4 N–H and O–H groups in total. The van der Waals surface area contributed by atoms with Crippen LogP contribution in [0.1, 0.15) is 23.7 Å². The van der Waals surface area contributed by atoms with Crippen LogP contribution in [0.2, 0.25) is 0 Å².